The molecule has 2 aromatic heterocycles. The van der Waals surface area contributed by atoms with Gasteiger partial charge in [0.1, 0.15) is 0 Å². The van der Waals surface area contributed by atoms with Gasteiger partial charge in [-0.05, 0) is 72.2 Å². The quantitative estimate of drug-likeness (QED) is 0.340. The fourth-order valence-electron chi connectivity index (χ4n) is 5.53. The van der Waals surface area contributed by atoms with Crippen LogP contribution in [0.2, 0.25) is 0 Å². The van der Waals surface area contributed by atoms with Crippen LogP contribution in [0.25, 0.3) is 43.7 Å². The normalized spacial score (nSPS) is 19.0. The Labute approximate surface area is 191 Å². The highest BCUT2D eigenvalue weighted by atomic mass is 16.5. The van der Waals surface area contributed by atoms with E-state index < -0.39 is 0 Å². The number of benzene rings is 3. The molecule has 164 valence electrons. The zero-order chi connectivity index (χ0) is 21.9. The third-order valence-electron chi connectivity index (χ3n) is 7.27. The highest BCUT2D eigenvalue weighted by molar-refractivity contribution is 6.13. The number of H-pyrrole nitrogens is 1. The first kappa shape index (κ1) is 19.1. The number of aromatic nitrogens is 3. The molecule has 3 heterocycles. The number of pyridine rings is 1. The summed E-state index contributed by atoms with van der Waals surface area (Å²) < 4.78 is 8.02. The lowest BCUT2D eigenvalue weighted by Gasteiger charge is -2.23. The molecule has 3 aromatic carbocycles. The molecule has 0 radical (unpaired) electrons. The van der Waals surface area contributed by atoms with Gasteiger partial charge in [-0.1, -0.05) is 36.4 Å². The summed E-state index contributed by atoms with van der Waals surface area (Å²) >= 11 is 0. The van der Waals surface area contributed by atoms with Crippen molar-refractivity contribution in [1.29, 1.82) is 0 Å². The van der Waals surface area contributed by atoms with Gasteiger partial charge < -0.3 is 9.72 Å². The summed E-state index contributed by atoms with van der Waals surface area (Å²) in [4.78, 5) is 16.0. The molecule has 2 fully saturated rings. The second-order valence-electron chi connectivity index (χ2n) is 9.40. The summed E-state index contributed by atoms with van der Waals surface area (Å²) in [5, 5.41) is 9.25. The molecule has 1 atom stereocenters. The van der Waals surface area contributed by atoms with Crippen molar-refractivity contribution in [3.8, 4) is 11.1 Å². The van der Waals surface area contributed by atoms with Crippen LogP contribution in [0, 0.1) is 0 Å². The van der Waals surface area contributed by atoms with Crippen molar-refractivity contribution in [3.63, 3.8) is 0 Å². The van der Waals surface area contributed by atoms with E-state index in [4.69, 9.17) is 9.84 Å². The van der Waals surface area contributed by atoms with Crippen molar-refractivity contribution in [3.05, 3.63) is 76.7 Å². The van der Waals surface area contributed by atoms with Crippen LogP contribution in [0.4, 0.5) is 0 Å². The van der Waals surface area contributed by atoms with E-state index in [-0.39, 0.29) is 11.8 Å². The largest absolute Gasteiger partial charge is 0.356 e. The van der Waals surface area contributed by atoms with Gasteiger partial charge in [-0.3, -0.25) is 4.79 Å². The van der Waals surface area contributed by atoms with Gasteiger partial charge in [0, 0.05) is 28.8 Å². The first-order valence-electron chi connectivity index (χ1n) is 11.9. The van der Waals surface area contributed by atoms with Gasteiger partial charge in [-0.25, -0.2) is 4.68 Å². The Kier molecular flexibility index (Phi) is 4.21. The molecular formula is C28H25N3O2. The Balaban J connectivity index is 1.51. The molecule has 1 N–H and O–H groups in total. The molecule has 1 saturated heterocycles. The predicted molar refractivity (Wildman–Crippen MR) is 132 cm³/mol. The molecule has 1 unspecified atom stereocenters. The van der Waals surface area contributed by atoms with Crippen molar-refractivity contribution >= 4 is 32.6 Å². The monoisotopic (exact) mass is 435 g/mol. The minimum atomic E-state index is -0.0816. The number of ether oxygens (including phenoxy) is 1. The zero-order valence-corrected chi connectivity index (χ0v) is 18.4. The van der Waals surface area contributed by atoms with Crippen LogP contribution in [0.15, 0.2) is 65.6 Å². The Morgan fingerprint density at radius 3 is 2.58 bits per heavy atom. The molecule has 1 aliphatic carbocycles. The highest BCUT2D eigenvalue weighted by Gasteiger charge is 2.27. The smallest absolute Gasteiger partial charge is 0.249 e. The minimum absolute atomic E-state index is 0.0205. The molecule has 1 aliphatic heterocycles. The summed E-state index contributed by atoms with van der Waals surface area (Å²) in [6.45, 7) is 0.779. The summed E-state index contributed by atoms with van der Waals surface area (Å²) in [6.07, 6.45) is 7.62. The van der Waals surface area contributed by atoms with Gasteiger partial charge in [-0.2, -0.15) is 5.10 Å². The van der Waals surface area contributed by atoms with Gasteiger partial charge in [0.25, 0.3) is 0 Å². The number of aromatic amines is 1. The van der Waals surface area contributed by atoms with Crippen LogP contribution >= 0.6 is 0 Å². The topological polar surface area (TPSA) is 59.9 Å². The fourth-order valence-corrected chi connectivity index (χ4v) is 5.53. The molecule has 7 rings (SSSR count). The number of nitrogens with zero attached hydrogens (tertiary/aromatic N) is 2. The SMILES string of the molecule is O=c1cc(-c2cccc3c2cnn3C2CCCCO2)c2cc(C3CC3)c3ccccc3c2[nH]1. The molecule has 5 aromatic rings. The first-order chi connectivity index (χ1) is 16.3. The van der Waals surface area contributed by atoms with Crippen LogP contribution in [-0.4, -0.2) is 21.4 Å². The molecule has 1 saturated carbocycles. The predicted octanol–water partition coefficient (Wildman–Crippen LogP) is 6.27. The Hall–Kier alpha value is -3.44. The van der Waals surface area contributed by atoms with Crippen LogP contribution in [-0.2, 0) is 4.74 Å². The lowest BCUT2D eigenvalue weighted by atomic mass is 9.92. The van der Waals surface area contributed by atoms with Gasteiger partial charge in [-0.15, -0.1) is 0 Å². The fraction of sp³-hybridized carbons (Fsp3) is 0.286. The van der Waals surface area contributed by atoms with E-state index in [2.05, 4.69) is 53.5 Å². The Morgan fingerprint density at radius 2 is 1.76 bits per heavy atom. The Morgan fingerprint density at radius 1 is 0.879 bits per heavy atom. The Bertz CT molecular complexity index is 1590. The van der Waals surface area contributed by atoms with Gasteiger partial charge in [0.15, 0.2) is 6.23 Å². The minimum Gasteiger partial charge on any atom is -0.356 e. The average molecular weight is 436 g/mol. The third kappa shape index (κ3) is 3.03. The molecule has 0 bridgehead atoms. The summed E-state index contributed by atoms with van der Waals surface area (Å²) in [5.41, 5.74) is 5.29. The number of hydrogen-bond acceptors (Lipinski definition) is 3. The second kappa shape index (κ2) is 7.29. The van der Waals surface area contributed by atoms with Gasteiger partial charge >= 0.3 is 0 Å². The maximum Gasteiger partial charge on any atom is 0.249 e. The van der Waals surface area contributed by atoms with E-state index in [0.717, 1.165) is 64.2 Å². The molecule has 0 spiro atoms. The number of hydrogen-bond donors (Lipinski definition) is 1. The van der Waals surface area contributed by atoms with Crippen molar-refractivity contribution in [1.82, 2.24) is 14.8 Å². The van der Waals surface area contributed by atoms with Gasteiger partial charge in [0.2, 0.25) is 5.56 Å². The summed E-state index contributed by atoms with van der Waals surface area (Å²) in [6, 6.07) is 18.8. The van der Waals surface area contributed by atoms with E-state index >= 15 is 0 Å². The summed E-state index contributed by atoms with van der Waals surface area (Å²) in [7, 11) is 0. The van der Waals surface area contributed by atoms with E-state index in [1.54, 1.807) is 6.07 Å². The lowest BCUT2D eigenvalue weighted by molar-refractivity contribution is -0.0366. The number of rotatable bonds is 3. The maximum absolute atomic E-state index is 12.8. The van der Waals surface area contributed by atoms with Gasteiger partial charge in [0.05, 0.1) is 17.2 Å². The maximum atomic E-state index is 12.8. The molecule has 5 heteroatoms. The summed E-state index contributed by atoms with van der Waals surface area (Å²) in [5.74, 6) is 0.612. The van der Waals surface area contributed by atoms with E-state index in [1.807, 2.05) is 10.9 Å². The third-order valence-corrected chi connectivity index (χ3v) is 7.27. The first-order valence-corrected chi connectivity index (χ1v) is 11.9. The van der Waals surface area contributed by atoms with Crippen LogP contribution in [0.1, 0.15) is 49.8 Å². The highest BCUT2D eigenvalue weighted by Crippen LogP contribution is 2.46. The second-order valence-corrected chi connectivity index (χ2v) is 9.40. The van der Waals surface area contributed by atoms with E-state index in [1.165, 1.54) is 23.8 Å². The average Bonchev–Trinajstić information content (AvgIpc) is 3.61. The molecular weight excluding hydrogens is 410 g/mol. The molecule has 0 amide bonds. The molecule has 5 nitrogen and oxygen atoms in total. The van der Waals surface area contributed by atoms with Crippen molar-refractivity contribution in [2.24, 2.45) is 0 Å². The zero-order valence-electron chi connectivity index (χ0n) is 18.4. The van der Waals surface area contributed by atoms with Crippen LogP contribution in [0.3, 0.4) is 0 Å². The standard InChI is InChI=1S/C28H25N3O2/c32-26-15-22(19-8-5-9-25-24(19)16-29-31(25)27-10-3-4-13-33-27)23-14-21(17-11-12-17)18-6-1-2-7-20(18)28(23)30-26/h1-2,5-9,14-17,27H,3-4,10-13H2,(H,30,32). The van der Waals surface area contributed by atoms with E-state index in [9.17, 15) is 4.79 Å². The van der Waals surface area contributed by atoms with E-state index in [0.29, 0.717) is 5.92 Å². The molecule has 2 aliphatic rings. The van der Waals surface area contributed by atoms with Crippen LogP contribution in [0.5, 0.6) is 0 Å². The van der Waals surface area contributed by atoms with Crippen molar-refractivity contribution < 1.29 is 4.74 Å². The molecule has 33 heavy (non-hydrogen) atoms. The van der Waals surface area contributed by atoms with Crippen LogP contribution < -0.4 is 5.56 Å². The number of fused-ring (bicyclic) bond motifs is 4. The lowest BCUT2D eigenvalue weighted by Crippen LogP contribution is -2.18. The van der Waals surface area contributed by atoms with Crippen molar-refractivity contribution in [2.45, 2.75) is 44.2 Å². The number of nitrogens with one attached hydrogen (secondary N) is 1. The van der Waals surface area contributed by atoms with Crippen molar-refractivity contribution in [2.75, 3.05) is 6.61 Å².